The molecular weight excluding hydrogens is 356 g/mol. The maximum Gasteiger partial charge on any atom is 0.244 e. The van der Waals surface area contributed by atoms with Crippen molar-refractivity contribution < 1.29 is 22.3 Å². The summed E-state index contributed by atoms with van der Waals surface area (Å²) in [4.78, 5) is -0.675. The summed E-state index contributed by atoms with van der Waals surface area (Å²) in [6.45, 7) is 3.07. The zero-order valence-corrected chi connectivity index (χ0v) is 13.5. The van der Waals surface area contributed by atoms with E-state index in [0.29, 0.717) is 18.9 Å². The minimum atomic E-state index is -4.19. The third kappa shape index (κ3) is 4.47. The number of halogens is 3. The van der Waals surface area contributed by atoms with Crippen LogP contribution in [0.2, 0.25) is 0 Å². The van der Waals surface area contributed by atoms with E-state index in [0.717, 1.165) is 6.07 Å². The van der Waals surface area contributed by atoms with Crippen molar-refractivity contribution in [1.29, 1.82) is 0 Å². The SMILES string of the molecule is CCCC(C)(O)CNS(=O)(=O)c1c(F)cc(F)cc1Br. The molecule has 2 N–H and O–H groups in total. The van der Waals surface area contributed by atoms with Crippen molar-refractivity contribution >= 4 is 26.0 Å². The number of aliphatic hydroxyl groups is 1. The smallest absolute Gasteiger partial charge is 0.244 e. The lowest BCUT2D eigenvalue weighted by molar-refractivity contribution is 0.0554. The molecule has 0 fully saturated rings. The molecule has 1 aromatic rings. The molecule has 1 unspecified atom stereocenters. The van der Waals surface area contributed by atoms with Crippen LogP contribution in [0.15, 0.2) is 21.5 Å². The van der Waals surface area contributed by atoms with E-state index in [4.69, 9.17) is 0 Å². The molecule has 20 heavy (non-hydrogen) atoms. The fourth-order valence-corrected chi connectivity index (χ4v) is 4.06. The third-order valence-corrected chi connectivity index (χ3v) is 5.03. The summed E-state index contributed by atoms with van der Waals surface area (Å²) in [5, 5.41) is 9.91. The Morgan fingerprint density at radius 3 is 2.50 bits per heavy atom. The molecule has 0 aromatic heterocycles. The Balaban J connectivity index is 3.01. The summed E-state index contributed by atoms with van der Waals surface area (Å²) in [5.41, 5.74) is -1.23. The molecule has 114 valence electrons. The van der Waals surface area contributed by atoms with Gasteiger partial charge in [-0.25, -0.2) is 21.9 Å². The molecule has 0 aliphatic heterocycles. The van der Waals surface area contributed by atoms with Crippen molar-refractivity contribution in [2.75, 3.05) is 6.54 Å². The van der Waals surface area contributed by atoms with Gasteiger partial charge in [-0.1, -0.05) is 13.3 Å². The molecule has 0 heterocycles. The molecule has 8 heteroatoms. The van der Waals surface area contributed by atoms with Gasteiger partial charge in [0, 0.05) is 17.1 Å². The van der Waals surface area contributed by atoms with E-state index in [9.17, 15) is 22.3 Å². The number of benzene rings is 1. The molecule has 1 aromatic carbocycles. The first-order valence-electron chi connectivity index (χ1n) is 5.95. The number of nitrogens with one attached hydrogen (secondary N) is 1. The van der Waals surface area contributed by atoms with Crippen LogP contribution in [0.3, 0.4) is 0 Å². The van der Waals surface area contributed by atoms with E-state index in [-0.39, 0.29) is 11.0 Å². The summed E-state index contributed by atoms with van der Waals surface area (Å²) < 4.78 is 52.5. The van der Waals surface area contributed by atoms with Gasteiger partial charge in [-0.05, 0) is 35.3 Å². The third-order valence-electron chi connectivity index (χ3n) is 2.66. The van der Waals surface area contributed by atoms with Gasteiger partial charge in [0.2, 0.25) is 10.0 Å². The molecule has 0 saturated heterocycles. The van der Waals surface area contributed by atoms with Crippen LogP contribution in [0, 0.1) is 11.6 Å². The maximum absolute atomic E-state index is 13.6. The van der Waals surface area contributed by atoms with Crippen LogP contribution in [-0.2, 0) is 10.0 Å². The zero-order chi connectivity index (χ0) is 15.6. The lowest BCUT2D eigenvalue weighted by atomic mass is 10.0. The second-order valence-corrected chi connectivity index (χ2v) is 7.33. The van der Waals surface area contributed by atoms with Gasteiger partial charge in [-0.3, -0.25) is 0 Å². The maximum atomic E-state index is 13.6. The van der Waals surface area contributed by atoms with E-state index in [1.54, 1.807) is 0 Å². The number of sulfonamides is 1. The van der Waals surface area contributed by atoms with E-state index in [1.807, 2.05) is 6.92 Å². The molecule has 1 rings (SSSR count). The Hall–Kier alpha value is -0.570. The van der Waals surface area contributed by atoms with Gasteiger partial charge >= 0.3 is 0 Å². The Labute approximate surface area is 125 Å². The quantitative estimate of drug-likeness (QED) is 0.807. The molecule has 0 bridgehead atoms. The van der Waals surface area contributed by atoms with Gasteiger partial charge in [0.25, 0.3) is 0 Å². The summed E-state index contributed by atoms with van der Waals surface area (Å²) >= 11 is 2.82. The topological polar surface area (TPSA) is 66.4 Å². The van der Waals surface area contributed by atoms with Crippen LogP contribution in [0.5, 0.6) is 0 Å². The lowest BCUT2D eigenvalue weighted by Crippen LogP contribution is -2.40. The van der Waals surface area contributed by atoms with Crippen molar-refractivity contribution in [1.82, 2.24) is 4.72 Å². The highest BCUT2D eigenvalue weighted by atomic mass is 79.9. The molecule has 0 spiro atoms. The number of rotatable bonds is 6. The molecule has 0 aliphatic rings. The van der Waals surface area contributed by atoms with Gasteiger partial charge < -0.3 is 5.11 Å². The molecule has 0 radical (unpaired) electrons. The lowest BCUT2D eigenvalue weighted by Gasteiger charge is -2.23. The number of hydrogen-bond acceptors (Lipinski definition) is 3. The molecule has 4 nitrogen and oxygen atoms in total. The highest BCUT2D eigenvalue weighted by Crippen LogP contribution is 2.26. The summed E-state index contributed by atoms with van der Waals surface area (Å²) in [6, 6.07) is 1.35. The van der Waals surface area contributed by atoms with Crippen LogP contribution in [0.25, 0.3) is 0 Å². The minimum Gasteiger partial charge on any atom is -0.389 e. The first-order chi connectivity index (χ1) is 9.09. The van der Waals surface area contributed by atoms with Crippen molar-refractivity contribution in [2.45, 2.75) is 37.2 Å². The first kappa shape index (κ1) is 17.5. The highest BCUT2D eigenvalue weighted by Gasteiger charge is 2.27. The number of hydrogen-bond donors (Lipinski definition) is 2. The largest absolute Gasteiger partial charge is 0.389 e. The Morgan fingerprint density at radius 1 is 1.40 bits per heavy atom. The van der Waals surface area contributed by atoms with Crippen molar-refractivity contribution in [2.24, 2.45) is 0 Å². The van der Waals surface area contributed by atoms with Crippen LogP contribution < -0.4 is 4.72 Å². The average Bonchev–Trinajstić information content (AvgIpc) is 2.24. The van der Waals surface area contributed by atoms with Crippen molar-refractivity contribution in [3.63, 3.8) is 0 Å². The minimum absolute atomic E-state index is 0.211. The van der Waals surface area contributed by atoms with Crippen molar-refractivity contribution in [3.05, 3.63) is 28.2 Å². The van der Waals surface area contributed by atoms with E-state index >= 15 is 0 Å². The predicted molar refractivity (Wildman–Crippen MR) is 74.8 cm³/mol. The Bertz CT molecular complexity index is 567. The summed E-state index contributed by atoms with van der Waals surface area (Å²) in [6.07, 6.45) is 1.06. The fourth-order valence-electron chi connectivity index (χ4n) is 1.74. The van der Waals surface area contributed by atoms with Gasteiger partial charge in [0.1, 0.15) is 16.5 Å². The van der Waals surface area contributed by atoms with Crippen LogP contribution in [-0.4, -0.2) is 25.7 Å². The average molecular weight is 372 g/mol. The standard InChI is InChI=1S/C12H16BrF2NO3S/c1-3-4-12(2,17)7-16-20(18,19)11-9(13)5-8(14)6-10(11)15/h5-6,16-17H,3-4,7H2,1-2H3. The van der Waals surface area contributed by atoms with Crippen LogP contribution >= 0.6 is 15.9 Å². The molecular formula is C12H16BrF2NO3S. The van der Waals surface area contributed by atoms with Gasteiger partial charge in [-0.2, -0.15) is 0 Å². The van der Waals surface area contributed by atoms with Gasteiger partial charge in [-0.15, -0.1) is 0 Å². The van der Waals surface area contributed by atoms with E-state index < -0.39 is 32.2 Å². The monoisotopic (exact) mass is 371 g/mol. The molecule has 0 aliphatic carbocycles. The highest BCUT2D eigenvalue weighted by molar-refractivity contribution is 9.10. The van der Waals surface area contributed by atoms with E-state index in [2.05, 4.69) is 20.7 Å². The first-order valence-corrected chi connectivity index (χ1v) is 8.23. The zero-order valence-electron chi connectivity index (χ0n) is 11.1. The summed E-state index contributed by atoms with van der Waals surface area (Å²) in [7, 11) is -4.19. The van der Waals surface area contributed by atoms with Crippen LogP contribution in [0.1, 0.15) is 26.7 Å². The molecule has 1 atom stereocenters. The van der Waals surface area contributed by atoms with E-state index in [1.165, 1.54) is 6.92 Å². The molecule has 0 amide bonds. The Morgan fingerprint density at radius 2 is 2.00 bits per heavy atom. The summed E-state index contributed by atoms with van der Waals surface area (Å²) in [5.74, 6) is -2.08. The van der Waals surface area contributed by atoms with Gasteiger partial charge in [0.05, 0.1) is 5.60 Å². The van der Waals surface area contributed by atoms with Gasteiger partial charge in [0.15, 0.2) is 0 Å². The molecule has 0 saturated carbocycles. The fraction of sp³-hybridized carbons (Fsp3) is 0.500. The second-order valence-electron chi connectivity index (χ2n) is 4.77. The van der Waals surface area contributed by atoms with Crippen molar-refractivity contribution in [3.8, 4) is 0 Å². The Kier molecular flexibility index (Phi) is 5.65. The predicted octanol–water partition coefficient (Wildman–Crippen LogP) is 2.56. The normalized spacial score (nSPS) is 15.1. The van der Waals surface area contributed by atoms with Crippen LogP contribution in [0.4, 0.5) is 8.78 Å². The second kappa shape index (κ2) is 6.46.